The van der Waals surface area contributed by atoms with Gasteiger partial charge >= 0.3 is 0 Å². The highest BCUT2D eigenvalue weighted by Gasteiger charge is 2.30. The first kappa shape index (κ1) is 17.4. The molecule has 3 aliphatic rings. The Labute approximate surface area is 150 Å². The van der Waals surface area contributed by atoms with Crippen LogP contribution in [0.2, 0.25) is 0 Å². The van der Waals surface area contributed by atoms with Crippen molar-refractivity contribution in [3.8, 4) is 0 Å². The van der Waals surface area contributed by atoms with Crippen molar-refractivity contribution in [3.63, 3.8) is 0 Å². The second-order valence-corrected chi connectivity index (χ2v) is 7.60. The van der Waals surface area contributed by atoms with Gasteiger partial charge in [-0.1, -0.05) is 0 Å². The molecular formula is C18H31N5O2. The van der Waals surface area contributed by atoms with Gasteiger partial charge in [0.1, 0.15) is 11.6 Å². The van der Waals surface area contributed by atoms with Crippen LogP contribution in [-0.2, 0) is 23.1 Å². The van der Waals surface area contributed by atoms with E-state index < -0.39 is 0 Å². The van der Waals surface area contributed by atoms with Crippen molar-refractivity contribution in [3.05, 3.63) is 11.6 Å². The molecule has 1 atom stereocenters. The monoisotopic (exact) mass is 349 g/mol. The van der Waals surface area contributed by atoms with Gasteiger partial charge in [-0.05, 0) is 32.2 Å². The fourth-order valence-corrected chi connectivity index (χ4v) is 4.43. The zero-order valence-corrected chi connectivity index (χ0v) is 15.4. The molecule has 0 aromatic carbocycles. The number of aromatic nitrogens is 3. The third kappa shape index (κ3) is 4.05. The lowest BCUT2D eigenvalue weighted by Gasteiger charge is -2.39. The largest absolute Gasteiger partial charge is 0.381 e. The van der Waals surface area contributed by atoms with Gasteiger partial charge in [-0.15, -0.1) is 10.2 Å². The number of ether oxygens (including phenoxy) is 2. The Morgan fingerprint density at radius 2 is 1.72 bits per heavy atom. The van der Waals surface area contributed by atoms with Crippen molar-refractivity contribution in [1.82, 2.24) is 24.6 Å². The first-order chi connectivity index (χ1) is 12.3. The fourth-order valence-electron chi connectivity index (χ4n) is 4.43. The smallest absolute Gasteiger partial charge is 0.146 e. The summed E-state index contributed by atoms with van der Waals surface area (Å²) in [7, 11) is 2.14. The maximum Gasteiger partial charge on any atom is 0.146 e. The number of morpholine rings is 1. The number of hydrogen-bond donors (Lipinski definition) is 0. The van der Waals surface area contributed by atoms with Crippen LogP contribution in [-0.4, -0.2) is 83.2 Å². The van der Waals surface area contributed by atoms with E-state index in [-0.39, 0.29) is 0 Å². The molecule has 0 saturated carbocycles. The molecule has 0 bridgehead atoms. The van der Waals surface area contributed by atoms with E-state index in [4.69, 9.17) is 9.47 Å². The van der Waals surface area contributed by atoms with E-state index in [0.717, 1.165) is 58.4 Å². The molecule has 7 heteroatoms. The molecule has 1 aromatic heterocycles. The first-order valence-corrected chi connectivity index (χ1v) is 9.81. The lowest BCUT2D eigenvalue weighted by molar-refractivity contribution is 0.0232. The molecule has 0 radical (unpaired) electrons. The number of nitrogens with zero attached hydrogens (tertiary/aromatic N) is 5. The molecule has 3 fully saturated rings. The summed E-state index contributed by atoms with van der Waals surface area (Å²) in [6, 6.07) is 0.692. The lowest BCUT2D eigenvalue weighted by Crippen LogP contribution is -2.45. The van der Waals surface area contributed by atoms with E-state index in [2.05, 4.69) is 31.6 Å². The average Bonchev–Trinajstić information content (AvgIpc) is 3.04. The van der Waals surface area contributed by atoms with Crippen molar-refractivity contribution in [1.29, 1.82) is 0 Å². The Bertz CT molecular complexity index is 552. The molecule has 1 aromatic rings. The summed E-state index contributed by atoms with van der Waals surface area (Å²) in [5.74, 6) is 2.76. The zero-order chi connectivity index (χ0) is 17.1. The van der Waals surface area contributed by atoms with Gasteiger partial charge in [0.25, 0.3) is 0 Å². The normalized spacial score (nSPS) is 27.6. The molecule has 4 heterocycles. The summed E-state index contributed by atoms with van der Waals surface area (Å²) in [4.78, 5) is 5.08. The van der Waals surface area contributed by atoms with Crippen molar-refractivity contribution in [2.24, 2.45) is 7.05 Å². The number of likely N-dealkylation sites (tertiary alicyclic amines) is 1. The van der Waals surface area contributed by atoms with Crippen LogP contribution in [0.3, 0.4) is 0 Å². The van der Waals surface area contributed by atoms with Gasteiger partial charge in [0.05, 0.1) is 19.8 Å². The van der Waals surface area contributed by atoms with E-state index in [9.17, 15) is 0 Å². The van der Waals surface area contributed by atoms with Gasteiger partial charge in [0, 0.05) is 51.9 Å². The molecule has 7 nitrogen and oxygen atoms in total. The van der Waals surface area contributed by atoms with Crippen LogP contribution >= 0.6 is 0 Å². The molecule has 4 rings (SSSR count). The van der Waals surface area contributed by atoms with E-state index >= 15 is 0 Å². The zero-order valence-electron chi connectivity index (χ0n) is 15.4. The molecule has 25 heavy (non-hydrogen) atoms. The average molecular weight is 349 g/mol. The number of rotatable bonds is 4. The second kappa shape index (κ2) is 8.12. The molecule has 0 aliphatic carbocycles. The Balaban J connectivity index is 1.40. The third-order valence-electron chi connectivity index (χ3n) is 5.99. The number of hydrogen-bond acceptors (Lipinski definition) is 6. The standard InChI is InChI=1S/C18H31N5O2/c1-21-17(14-22-7-11-25-12-8-22)19-20-18(21)15-3-2-6-23(13-15)16-4-9-24-10-5-16/h15-16H,2-14H2,1H3. The Morgan fingerprint density at radius 1 is 0.960 bits per heavy atom. The van der Waals surface area contributed by atoms with Crippen molar-refractivity contribution >= 4 is 0 Å². The van der Waals surface area contributed by atoms with Gasteiger partial charge in [-0.25, -0.2) is 0 Å². The van der Waals surface area contributed by atoms with E-state index in [1.165, 1.54) is 38.1 Å². The maximum absolute atomic E-state index is 5.53. The minimum absolute atomic E-state index is 0.507. The fraction of sp³-hybridized carbons (Fsp3) is 0.889. The van der Waals surface area contributed by atoms with Gasteiger partial charge in [-0.2, -0.15) is 0 Å². The predicted molar refractivity (Wildman–Crippen MR) is 94.5 cm³/mol. The van der Waals surface area contributed by atoms with E-state index in [0.29, 0.717) is 12.0 Å². The summed E-state index contributed by atoms with van der Waals surface area (Å²) in [5.41, 5.74) is 0. The minimum atomic E-state index is 0.507. The second-order valence-electron chi connectivity index (χ2n) is 7.60. The van der Waals surface area contributed by atoms with Crippen LogP contribution < -0.4 is 0 Å². The van der Waals surface area contributed by atoms with Gasteiger partial charge in [-0.3, -0.25) is 9.80 Å². The molecule has 0 spiro atoms. The van der Waals surface area contributed by atoms with Crippen molar-refractivity contribution in [2.45, 2.75) is 44.2 Å². The van der Waals surface area contributed by atoms with Crippen LogP contribution in [0.25, 0.3) is 0 Å². The van der Waals surface area contributed by atoms with Crippen molar-refractivity contribution < 1.29 is 9.47 Å². The Hall–Kier alpha value is -1.02. The van der Waals surface area contributed by atoms with E-state index in [1.807, 2.05) is 0 Å². The summed E-state index contributed by atoms with van der Waals surface area (Å²) < 4.78 is 13.2. The topological polar surface area (TPSA) is 55.7 Å². The number of piperidine rings is 1. The van der Waals surface area contributed by atoms with Crippen LogP contribution in [0.4, 0.5) is 0 Å². The highest BCUT2D eigenvalue weighted by atomic mass is 16.5. The van der Waals surface area contributed by atoms with Crippen molar-refractivity contribution in [2.75, 3.05) is 52.6 Å². The first-order valence-electron chi connectivity index (χ1n) is 9.81. The van der Waals surface area contributed by atoms with Gasteiger partial charge < -0.3 is 14.0 Å². The molecule has 0 amide bonds. The SMILES string of the molecule is Cn1c(CN2CCOCC2)nnc1C1CCCN(C2CCOCC2)C1. The van der Waals surface area contributed by atoms with Crippen LogP contribution in [0.1, 0.15) is 43.3 Å². The molecule has 140 valence electrons. The Morgan fingerprint density at radius 3 is 2.52 bits per heavy atom. The molecule has 0 N–H and O–H groups in total. The third-order valence-corrected chi connectivity index (χ3v) is 5.99. The molecular weight excluding hydrogens is 318 g/mol. The van der Waals surface area contributed by atoms with Crippen LogP contribution in [0.5, 0.6) is 0 Å². The highest BCUT2D eigenvalue weighted by molar-refractivity contribution is 5.04. The summed E-state index contributed by atoms with van der Waals surface area (Å²) in [6.45, 7) is 8.68. The molecule has 1 unspecified atom stereocenters. The van der Waals surface area contributed by atoms with Crippen LogP contribution in [0, 0.1) is 0 Å². The highest BCUT2D eigenvalue weighted by Crippen LogP contribution is 2.29. The van der Waals surface area contributed by atoms with Crippen LogP contribution in [0.15, 0.2) is 0 Å². The minimum Gasteiger partial charge on any atom is -0.381 e. The predicted octanol–water partition coefficient (Wildman–Crippen LogP) is 1.01. The molecule has 3 saturated heterocycles. The quantitative estimate of drug-likeness (QED) is 0.809. The van der Waals surface area contributed by atoms with Gasteiger partial charge in [0.15, 0.2) is 0 Å². The molecule has 3 aliphatic heterocycles. The summed E-state index contributed by atoms with van der Waals surface area (Å²) >= 11 is 0. The Kier molecular flexibility index (Phi) is 5.65. The summed E-state index contributed by atoms with van der Waals surface area (Å²) in [6.07, 6.45) is 4.83. The lowest BCUT2D eigenvalue weighted by atomic mass is 9.94. The maximum atomic E-state index is 5.53. The van der Waals surface area contributed by atoms with E-state index in [1.54, 1.807) is 0 Å². The van der Waals surface area contributed by atoms with Gasteiger partial charge in [0.2, 0.25) is 0 Å². The summed E-state index contributed by atoms with van der Waals surface area (Å²) in [5, 5.41) is 9.10.